The van der Waals surface area contributed by atoms with Crippen LogP contribution in [-0.2, 0) is 11.3 Å². The molecule has 0 saturated carbocycles. The quantitative estimate of drug-likeness (QED) is 0.855. The molecule has 24 heavy (non-hydrogen) atoms. The summed E-state index contributed by atoms with van der Waals surface area (Å²) >= 11 is 0. The predicted octanol–water partition coefficient (Wildman–Crippen LogP) is 0.984. The highest BCUT2D eigenvalue weighted by Gasteiger charge is 2.27. The van der Waals surface area contributed by atoms with Gasteiger partial charge in [-0.25, -0.2) is 9.89 Å². The van der Waals surface area contributed by atoms with Crippen LogP contribution in [0.2, 0.25) is 0 Å². The second-order valence-electron chi connectivity index (χ2n) is 6.06. The molecule has 0 unspecified atom stereocenters. The lowest BCUT2D eigenvalue weighted by Crippen LogP contribution is -2.38. The van der Waals surface area contributed by atoms with E-state index in [2.05, 4.69) is 15.2 Å². The van der Waals surface area contributed by atoms with Gasteiger partial charge in [0.25, 0.3) is 5.91 Å². The maximum atomic E-state index is 12.7. The summed E-state index contributed by atoms with van der Waals surface area (Å²) < 4.78 is 10.6. The van der Waals surface area contributed by atoms with Gasteiger partial charge in [0, 0.05) is 30.1 Å². The van der Waals surface area contributed by atoms with Gasteiger partial charge in [-0.3, -0.25) is 9.78 Å². The number of nitrogens with one attached hydrogen (secondary N) is 2. The molecule has 1 saturated heterocycles. The highest BCUT2D eigenvalue weighted by atomic mass is 16.7. The van der Waals surface area contributed by atoms with Gasteiger partial charge in [0.1, 0.15) is 11.6 Å². The lowest BCUT2D eigenvalue weighted by atomic mass is 9.95. The van der Waals surface area contributed by atoms with E-state index in [1.807, 2.05) is 17.0 Å². The molecule has 2 aliphatic heterocycles. The lowest BCUT2D eigenvalue weighted by Gasteiger charge is -2.31. The van der Waals surface area contributed by atoms with Crippen LogP contribution in [0.3, 0.4) is 0 Å². The van der Waals surface area contributed by atoms with Crippen molar-refractivity contribution in [3.63, 3.8) is 0 Å². The summed E-state index contributed by atoms with van der Waals surface area (Å²) in [5.74, 6) is 1.64. The van der Waals surface area contributed by atoms with E-state index in [4.69, 9.17) is 9.47 Å². The number of likely N-dealkylation sites (tertiary alicyclic amines) is 1. The number of nitrogens with zero attached hydrogens (tertiary/aromatic N) is 2. The Balaban J connectivity index is 1.43. The molecule has 0 atom stereocenters. The first-order valence-electron chi connectivity index (χ1n) is 7.98. The number of hydrogen-bond acceptors (Lipinski definition) is 5. The van der Waals surface area contributed by atoms with Crippen molar-refractivity contribution in [3.05, 3.63) is 45.6 Å². The number of aromatic amines is 2. The topological polar surface area (TPSA) is 100 Å². The molecule has 8 heteroatoms. The maximum Gasteiger partial charge on any atom is 0.340 e. The highest BCUT2D eigenvalue weighted by Crippen LogP contribution is 2.28. The predicted molar refractivity (Wildman–Crippen MR) is 83.8 cm³/mol. The summed E-state index contributed by atoms with van der Waals surface area (Å²) in [5.41, 5.74) is 1.26. The van der Waals surface area contributed by atoms with E-state index in [1.165, 1.54) is 0 Å². The minimum absolute atomic E-state index is 0.0114. The second kappa shape index (κ2) is 6.12. The molecule has 1 fully saturated rings. The van der Waals surface area contributed by atoms with Crippen LogP contribution in [0.1, 0.15) is 40.5 Å². The number of carbonyl (C=O) groups is 1. The molecule has 2 aromatic rings. The Morgan fingerprint density at radius 2 is 2.12 bits per heavy atom. The monoisotopic (exact) mass is 330 g/mol. The molecular formula is C16H18N4O4. The maximum absolute atomic E-state index is 12.7. The van der Waals surface area contributed by atoms with Gasteiger partial charge in [-0.15, -0.1) is 0 Å². The normalized spacial score (nSPS) is 18.1. The van der Waals surface area contributed by atoms with Crippen molar-refractivity contribution in [2.45, 2.75) is 25.4 Å². The van der Waals surface area contributed by atoms with Crippen LogP contribution in [0.15, 0.2) is 23.0 Å². The van der Waals surface area contributed by atoms with Crippen molar-refractivity contribution in [3.8, 4) is 5.75 Å². The van der Waals surface area contributed by atoms with Crippen LogP contribution >= 0.6 is 0 Å². The van der Waals surface area contributed by atoms with Crippen molar-refractivity contribution in [1.82, 2.24) is 20.1 Å². The molecule has 2 N–H and O–H groups in total. The molecule has 3 heterocycles. The Hall–Kier alpha value is -2.61. The summed E-state index contributed by atoms with van der Waals surface area (Å²) in [4.78, 5) is 28.4. The molecular weight excluding hydrogens is 312 g/mol. The van der Waals surface area contributed by atoms with E-state index < -0.39 is 0 Å². The highest BCUT2D eigenvalue weighted by molar-refractivity contribution is 5.94. The molecule has 0 bridgehead atoms. The van der Waals surface area contributed by atoms with E-state index in [9.17, 15) is 9.59 Å². The number of hydrogen-bond donors (Lipinski definition) is 2. The Labute approximate surface area is 137 Å². The van der Waals surface area contributed by atoms with Gasteiger partial charge >= 0.3 is 5.69 Å². The fourth-order valence-corrected chi connectivity index (χ4v) is 3.24. The van der Waals surface area contributed by atoms with Crippen molar-refractivity contribution in [2.24, 2.45) is 0 Å². The van der Waals surface area contributed by atoms with E-state index in [1.54, 1.807) is 6.07 Å². The summed E-state index contributed by atoms with van der Waals surface area (Å²) in [5, 5.41) is 6.38. The minimum atomic E-state index is -0.290. The number of carbonyl (C=O) groups excluding carboxylic acids is 1. The average Bonchev–Trinajstić information content (AvgIpc) is 3.07. The van der Waals surface area contributed by atoms with Crippen molar-refractivity contribution < 1.29 is 14.3 Å². The molecule has 0 spiro atoms. The minimum Gasteiger partial charge on any atom is -0.467 e. The number of aromatic nitrogens is 3. The number of H-pyrrole nitrogens is 2. The fourth-order valence-electron chi connectivity index (χ4n) is 3.24. The average molecular weight is 330 g/mol. The Morgan fingerprint density at radius 1 is 1.29 bits per heavy atom. The van der Waals surface area contributed by atoms with Gasteiger partial charge in [0.05, 0.1) is 6.61 Å². The Morgan fingerprint density at radius 3 is 2.88 bits per heavy atom. The summed E-state index contributed by atoms with van der Waals surface area (Å²) in [6, 6.07) is 5.46. The largest absolute Gasteiger partial charge is 0.467 e. The standard InChI is InChI=1S/C16H18N4O4/c21-15(11-1-2-13-12(7-11)8-23-9-24-13)20-5-3-10(4-6-20)14-17-16(22)19-18-14/h1-2,7,10H,3-6,8-9H2,(H2,17,18,19,22). The summed E-state index contributed by atoms with van der Waals surface area (Å²) in [7, 11) is 0. The third-order valence-electron chi connectivity index (χ3n) is 4.55. The SMILES string of the molecule is O=C(c1ccc2c(c1)COCO2)N1CCC(c2n[nH]c(=O)[nH]2)CC1. The smallest absolute Gasteiger partial charge is 0.340 e. The lowest BCUT2D eigenvalue weighted by molar-refractivity contribution is -0.0164. The first-order chi connectivity index (χ1) is 11.7. The first-order valence-corrected chi connectivity index (χ1v) is 7.98. The van der Waals surface area contributed by atoms with E-state index in [0.29, 0.717) is 31.1 Å². The summed E-state index contributed by atoms with van der Waals surface area (Å²) in [6.07, 6.45) is 1.56. The number of benzene rings is 1. The van der Waals surface area contributed by atoms with E-state index in [0.717, 1.165) is 24.2 Å². The van der Waals surface area contributed by atoms with Crippen LogP contribution in [0.25, 0.3) is 0 Å². The zero-order chi connectivity index (χ0) is 16.5. The van der Waals surface area contributed by atoms with Gasteiger partial charge in [-0.1, -0.05) is 0 Å². The van der Waals surface area contributed by atoms with Gasteiger partial charge in [0.2, 0.25) is 0 Å². The summed E-state index contributed by atoms with van der Waals surface area (Å²) in [6.45, 7) is 2.00. The van der Waals surface area contributed by atoms with Crippen molar-refractivity contribution >= 4 is 5.91 Å². The van der Waals surface area contributed by atoms with Crippen LogP contribution in [0.4, 0.5) is 0 Å². The molecule has 0 aliphatic carbocycles. The molecule has 126 valence electrons. The Bertz CT molecular complexity index is 804. The van der Waals surface area contributed by atoms with E-state index >= 15 is 0 Å². The first kappa shape index (κ1) is 14.9. The van der Waals surface area contributed by atoms with Crippen LogP contribution < -0.4 is 10.4 Å². The number of piperidine rings is 1. The van der Waals surface area contributed by atoms with Crippen LogP contribution in [0.5, 0.6) is 5.75 Å². The van der Waals surface area contributed by atoms with E-state index in [-0.39, 0.29) is 24.3 Å². The molecule has 8 nitrogen and oxygen atoms in total. The number of ether oxygens (including phenoxy) is 2. The number of fused-ring (bicyclic) bond motifs is 1. The molecule has 2 aliphatic rings. The molecule has 1 amide bonds. The molecule has 4 rings (SSSR count). The molecule has 0 radical (unpaired) electrons. The second-order valence-corrected chi connectivity index (χ2v) is 6.06. The van der Waals surface area contributed by atoms with Crippen molar-refractivity contribution in [1.29, 1.82) is 0 Å². The van der Waals surface area contributed by atoms with Gasteiger partial charge in [-0.2, -0.15) is 5.10 Å². The Kier molecular flexibility index (Phi) is 3.81. The zero-order valence-corrected chi connectivity index (χ0v) is 13.1. The van der Waals surface area contributed by atoms with Gasteiger partial charge in [0.15, 0.2) is 6.79 Å². The van der Waals surface area contributed by atoms with Crippen molar-refractivity contribution in [2.75, 3.05) is 19.9 Å². The van der Waals surface area contributed by atoms with Crippen LogP contribution in [0, 0.1) is 0 Å². The molecule has 1 aromatic heterocycles. The zero-order valence-electron chi connectivity index (χ0n) is 13.1. The third-order valence-corrected chi connectivity index (χ3v) is 4.55. The third kappa shape index (κ3) is 2.80. The number of rotatable bonds is 2. The number of amides is 1. The van der Waals surface area contributed by atoms with Gasteiger partial charge in [-0.05, 0) is 31.0 Å². The van der Waals surface area contributed by atoms with Crippen LogP contribution in [-0.4, -0.2) is 45.9 Å². The molecule has 1 aromatic carbocycles. The fraction of sp³-hybridized carbons (Fsp3) is 0.438. The van der Waals surface area contributed by atoms with Gasteiger partial charge < -0.3 is 14.4 Å².